The van der Waals surface area contributed by atoms with Crippen LogP contribution >= 0.6 is 0 Å². The molecule has 0 heterocycles. The summed E-state index contributed by atoms with van der Waals surface area (Å²) in [5.74, 6) is -2.26. The maximum Gasteiger partial charge on any atom is 0.240 e. The van der Waals surface area contributed by atoms with Crippen LogP contribution in [0.15, 0.2) is 83.8 Å². The summed E-state index contributed by atoms with van der Waals surface area (Å²) in [6.07, 6.45) is 0.525. The summed E-state index contributed by atoms with van der Waals surface area (Å²) in [6.45, 7) is 0.162. The zero-order valence-electron chi connectivity index (χ0n) is 14.5. The van der Waals surface area contributed by atoms with E-state index in [-0.39, 0.29) is 17.4 Å². The van der Waals surface area contributed by atoms with E-state index in [9.17, 15) is 17.2 Å². The first-order chi connectivity index (χ1) is 13.0. The van der Waals surface area contributed by atoms with Crippen molar-refractivity contribution in [3.05, 3.63) is 102 Å². The van der Waals surface area contributed by atoms with Crippen molar-refractivity contribution in [1.29, 1.82) is 0 Å². The molecule has 0 unspecified atom stereocenters. The first-order valence-corrected chi connectivity index (χ1v) is 10.0. The summed E-state index contributed by atoms with van der Waals surface area (Å²) in [4.78, 5) is -0.294. The molecule has 0 amide bonds. The first kappa shape index (κ1) is 19.2. The van der Waals surface area contributed by atoms with Crippen molar-refractivity contribution < 1.29 is 17.2 Å². The number of hydrogen-bond acceptors (Lipinski definition) is 2. The van der Waals surface area contributed by atoms with Crippen LogP contribution in [0.2, 0.25) is 0 Å². The van der Waals surface area contributed by atoms with Crippen LogP contribution in [0.4, 0.5) is 8.78 Å². The quantitative estimate of drug-likeness (QED) is 0.650. The van der Waals surface area contributed by atoms with Gasteiger partial charge >= 0.3 is 0 Å². The number of nitrogens with one attached hydrogen (secondary N) is 1. The summed E-state index contributed by atoms with van der Waals surface area (Å²) in [7, 11) is -3.92. The van der Waals surface area contributed by atoms with Gasteiger partial charge in [0.2, 0.25) is 10.0 Å². The molecule has 0 aliphatic heterocycles. The Balaban J connectivity index is 1.75. The predicted octanol–water partition coefficient (Wildman–Crippen LogP) is 4.47. The second-order valence-electron chi connectivity index (χ2n) is 6.14. The zero-order chi connectivity index (χ0) is 19.3. The molecule has 3 aromatic rings. The standard InChI is InChI=1S/C21H19F2NO2S/c22-20-12-11-18(15-21(20)23)27(25,26)24-14-13-19(16-7-3-1-4-8-16)17-9-5-2-6-10-17/h1-12,15,19,24H,13-14H2. The van der Waals surface area contributed by atoms with Crippen molar-refractivity contribution in [2.24, 2.45) is 0 Å². The maximum absolute atomic E-state index is 13.3. The molecule has 1 N–H and O–H groups in total. The van der Waals surface area contributed by atoms with E-state index in [0.29, 0.717) is 12.5 Å². The van der Waals surface area contributed by atoms with E-state index in [4.69, 9.17) is 0 Å². The van der Waals surface area contributed by atoms with Crippen LogP contribution in [-0.4, -0.2) is 15.0 Å². The molecule has 0 aliphatic rings. The van der Waals surface area contributed by atoms with Crippen LogP contribution in [0.25, 0.3) is 0 Å². The van der Waals surface area contributed by atoms with Crippen molar-refractivity contribution in [1.82, 2.24) is 4.72 Å². The highest BCUT2D eigenvalue weighted by Gasteiger charge is 2.18. The van der Waals surface area contributed by atoms with Crippen LogP contribution in [0.3, 0.4) is 0 Å². The van der Waals surface area contributed by atoms with Crippen molar-refractivity contribution in [3.8, 4) is 0 Å². The Morgan fingerprint density at radius 3 is 1.85 bits per heavy atom. The third-order valence-corrected chi connectivity index (χ3v) is 5.79. The van der Waals surface area contributed by atoms with Gasteiger partial charge in [0.25, 0.3) is 0 Å². The van der Waals surface area contributed by atoms with Gasteiger partial charge in [0.15, 0.2) is 11.6 Å². The zero-order valence-corrected chi connectivity index (χ0v) is 15.3. The summed E-state index contributed by atoms with van der Waals surface area (Å²) in [6, 6.07) is 22.2. The molecule has 0 spiro atoms. The van der Waals surface area contributed by atoms with Gasteiger partial charge in [0.1, 0.15) is 0 Å². The normalized spacial score (nSPS) is 11.7. The monoisotopic (exact) mass is 387 g/mol. The number of sulfonamides is 1. The Morgan fingerprint density at radius 2 is 1.33 bits per heavy atom. The van der Waals surface area contributed by atoms with Crippen molar-refractivity contribution in [3.63, 3.8) is 0 Å². The second kappa shape index (κ2) is 8.41. The Kier molecular flexibility index (Phi) is 5.98. The van der Waals surface area contributed by atoms with Gasteiger partial charge in [-0.1, -0.05) is 60.7 Å². The molecule has 0 bridgehead atoms. The van der Waals surface area contributed by atoms with E-state index in [1.165, 1.54) is 0 Å². The van der Waals surface area contributed by atoms with Gasteiger partial charge in [-0.2, -0.15) is 0 Å². The SMILES string of the molecule is O=S(=O)(NCCC(c1ccccc1)c1ccccc1)c1ccc(F)c(F)c1. The van der Waals surface area contributed by atoms with Gasteiger partial charge in [0, 0.05) is 12.5 Å². The molecule has 0 radical (unpaired) electrons. The average Bonchev–Trinajstić information content (AvgIpc) is 2.68. The topological polar surface area (TPSA) is 46.2 Å². The average molecular weight is 387 g/mol. The highest BCUT2D eigenvalue weighted by Crippen LogP contribution is 2.27. The minimum atomic E-state index is -3.92. The van der Waals surface area contributed by atoms with E-state index < -0.39 is 21.7 Å². The van der Waals surface area contributed by atoms with Gasteiger partial charge in [-0.15, -0.1) is 0 Å². The molecular formula is C21H19F2NO2S. The van der Waals surface area contributed by atoms with Crippen molar-refractivity contribution in [2.75, 3.05) is 6.54 Å². The molecule has 0 aromatic heterocycles. The van der Waals surface area contributed by atoms with E-state index in [1.54, 1.807) is 0 Å². The van der Waals surface area contributed by atoms with Gasteiger partial charge in [-0.25, -0.2) is 21.9 Å². The van der Waals surface area contributed by atoms with E-state index in [2.05, 4.69) is 4.72 Å². The van der Waals surface area contributed by atoms with Gasteiger partial charge in [-0.05, 0) is 35.7 Å². The molecule has 3 aromatic carbocycles. The summed E-state index contributed by atoms with van der Waals surface area (Å²) in [5.41, 5.74) is 2.16. The third kappa shape index (κ3) is 4.78. The van der Waals surface area contributed by atoms with Crippen molar-refractivity contribution >= 4 is 10.0 Å². The minimum Gasteiger partial charge on any atom is -0.211 e. The van der Waals surface area contributed by atoms with Gasteiger partial charge < -0.3 is 0 Å². The van der Waals surface area contributed by atoms with E-state index in [1.807, 2.05) is 60.7 Å². The lowest BCUT2D eigenvalue weighted by Gasteiger charge is -2.18. The number of halogens is 2. The Morgan fingerprint density at radius 1 is 0.778 bits per heavy atom. The van der Waals surface area contributed by atoms with E-state index >= 15 is 0 Å². The fourth-order valence-corrected chi connectivity index (χ4v) is 4.02. The molecule has 3 nitrogen and oxygen atoms in total. The first-order valence-electron chi connectivity index (χ1n) is 8.52. The molecule has 3 rings (SSSR count). The molecule has 6 heteroatoms. The smallest absolute Gasteiger partial charge is 0.211 e. The van der Waals surface area contributed by atoms with Crippen LogP contribution in [-0.2, 0) is 10.0 Å². The highest BCUT2D eigenvalue weighted by molar-refractivity contribution is 7.89. The lowest BCUT2D eigenvalue weighted by molar-refractivity contribution is 0.504. The van der Waals surface area contributed by atoms with Crippen molar-refractivity contribution in [2.45, 2.75) is 17.2 Å². The van der Waals surface area contributed by atoms with Crippen LogP contribution < -0.4 is 4.72 Å². The largest absolute Gasteiger partial charge is 0.240 e. The summed E-state index contributed by atoms with van der Waals surface area (Å²) >= 11 is 0. The number of hydrogen-bond donors (Lipinski definition) is 1. The summed E-state index contributed by atoms with van der Waals surface area (Å²) < 4.78 is 53.5. The van der Waals surface area contributed by atoms with E-state index in [0.717, 1.165) is 23.3 Å². The predicted molar refractivity (Wildman–Crippen MR) is 101 cm³/mol. The fourth-order valence-electron chi connectivity index (χ4n) is 2.96. The molecule has 0 saturated heterocycles. The Hall–Kier alpha value is -2.57. The molecule has 27 heavy (non-hydrogen) atoms. The lowest BCUT2D eigenvalue weighted by atomic mass is 9.89. The highest BCUT2D eigenvalue weighted by atomic mass is 32.2. The Labute approximate surface area is 157 Å². The number of rotatable bonds is 7. The van der Waals surface area contributed by atoms with Crippen LogP contribution in [0, 0.1) is 11.6 Å². The molecule has 140 valence electrons. The number of benzene rings is 3. The molecule has 0 aliphatic carbocycles. The molecule has 0 saturated carbocycles. The third-order valence-electron chi connectivity index (χ3n) is 4.33. The van der Waals surface area contributed by atoms with Gasteiger partial charge in [0.05, 0.1) is 4.90 Å². The fraction of sp³-hybridized carbons (Fsp3) is 0.143. The molecule has 0 atom stereocenters. The Bertz CT molecular complexity index is 954. The lowest BCUT2D eigenvalue weighted by Crippen LogP contribution is -2.26. The maximum atomic E-state index is 13.3. The minimum absolute atomic E-state index is 0.0139. The van der Waals surface area contributed by atoms with Gasteiger partial charge in [-0.3, -0.25) is 0 Å². The van der Waals surface area contributed by atoms with Crippen LogP contribution in [0.5, 0.6) is 0 Å². The second-order valence-corrected chi connectivity index (χ2v) is 7.90. The van der Waals surface area contributed by atoms with Crippen LogP contribution in [0.1, 0.15) is 23.5 Å². The molecule has 0 fully saturated rings. The summed E-state index contributed by atoms with van der Waals surface area (Å²) in [5, 5.41) is 0. The molecular weight excluding hydrogens is 368 g/mol.